The van der Waals surface area contributed by atoms with Gasteiger partial charge in [-0.1, -0.05) is 56.3 Å². The lowest BCUT2D eigenvalue weighted by atomic mass is 10.0. The Morgan fingerprint density at radius 3 is 2.50 bits per heavy atom. The summed E-state index contributed by atoms with van der Waals surface area (Å²) in [5.74, 6) is 0.371. The molecule has 4 nitrogen and oxygen atoms in total. The van der Waals surface area contributed by atoms with Gasteiger partial charge in [0.25, 0.3) is 0 Å². The van der Waals surface area contributed by atoms with Gasteiger partial charge in [-0.05, 0) is 35.1 Å². The normalized spacial score (nSPS) is 10.8. The lowest BCUT2D eigenvalue weighted by Gasteiger charge is -2.09. The van der Waals surface area contributed by atoms with Crippen LogP contribution >= 0.6 is 0 Å². The molecule has 0 atom stereocenters. The van der Waals surface area contributed by atoms with E-state index in [0.717, 1.165) is 29.2 Å². The number of benzene rings is 2. The molecule has 2 aromatic carbocycles. The minimum absolute atomic E-state index is 0.0330. The van der Waals surface area contributed by atoms with Crippen molar-refractivity contribution < 1.29 is 9.59 Å². The standard InChI is InChI=1S/C20H26N2O2/c1-15(2)7-6-12-21-20(24)14-22-19(23)13-17-10-5-9-16-8-3-4-11-18(16)17/h3-5,8-11,15H,6-7,12-14H2,1-2H3,(H,21,24)(H,22,23). The van der Waals surface area contributed by atoms with E-state index in [0.29, 0.717) is 12.5 Å². The number of carbonyl (C=O) groups excluding carboxylic acids is 2. The molecule has 0 saturated carbocycles. The van der Waals surface area contributed by atoms with E-state index in [4.69, 9.17) is 0 Å². The van der Waals surface area contributed by atoms with Crippen LogP contribution in [0.15, 0.2) is 42.5 Å². The Morgan fingerprint density at radius 1 is 0.958 bits per heavy atom. The Hall–Kier alpha value is -2.36. The van der Waals surface area contributed by atoms with Crippen molar-refractivity contribution in [2.24, 2.45) is 5.92 Å². The van der Waals surface area contributed by atoms with Crippen LogP contribution in [0.1, 0.15) is 32.3 Å². The number of nitrogens with one attached hydrogen (secondary N) is 2. The maximum Gasteiger partial charge on any atom is 0.239 e. The summed E-state index contributed by atoms with van der Waals surface area (Å²) in [5.41, 5.74) is 0.975. The third-order valence-electron chi connectivity index (χ3n) is 3.96. The monoisotopic (exact) mass is 326 g/mol. The molecular formula is C20H26N2O2. The van der Waals surface area contributed by atoms with E-state index in [1.54, 1.807) is 0 Å². The first kappa shape index (κ1) is 18.0. The fourth-order valence-corrected chi connectivity index (χ4v) is 2.66. The minimum atomic E-state index is -0.135. The first-order chi connectivity index (χ1) is 11.6. The summed E-state index contributed by atoms with van der Waals surface area (Å²) in [6.45, 7) is 5.02. The molecule has 0 spiro atoms. The van der Waals surface area contributed by atoms with Gasteiger partial charge in [-0.2, -0.15) is 0 Å². The Morgan fingerprint density at radius 2 is 1.71 bits per heavy atom. The van der Waals surface area contributed by atoms with Crippen LogP contribution in [0.2, 0.25) is 0 Å². The van der Waals surface area contributed by atoms with Gasteiger partial charge in [-0.15, -0.1) is 0 Å². The molecule has 2 aromatic rings. The van der Waals surface area contributed by atoms with E-state index in [2.05, 4.69) is 24.5 Å². The average Bonchev–Trinajstić information content (AvgIpc) is 2.57. The third-order valence-corrected chi connectivity index (χ3v) is 3.96. The molecule has 24 heavy (non-hydrogen) atoms. The number of rotatable bonds is 8. The lowest BCUT2D eigenvalue weighted by molar-refractivity contribution is -0.125. The lowest BCUT2D eigenvalue weighted by Crippen LogP contribution is -2.37. The highest BCUT2D eigenvalue weighted by molar-refractivity contribution is 5.91. The van der Waals surface area contributed by atoms with Gasteiger partial charge in [-0.25, -0.2) is 0 Å². The zero-order valence-corrected chi connectivity index (χ0v) is 14.5. The number of hydrogen-bond acceptors (Lipinski definition) is 2. The largest absolute Gasteiger partial charge is 0.355 e. The zero-order chi connectivity index (χ0) is 17.4. The SMILES string of the molecule is CC(C)CCCNC(=O)CNC(=O)Cc1cccc2ccccc12. The van der Waals surface area contributed by atoms with Gasteiger partial charge in [0.1, 0.15) is 0 Å². The molecule has 0 fully saturated rings. The Labute approximate surface area is 143 Å². The molecule has 2 N–H and O–H groups in total. The molecule has 0 aliphatic heterocycles. The number of amides is 2. The third kappa shape index (κ3) is 5.69. The summed E-state index contributed by atoms with van der Waals surface area (Å²) in [5, 5.41) is 7.72. The highest BCUT2D eigenvalue weighted by Gasteiger charge is 2.08. The molecule has 2 amide bonds. The summed E-state index contributed by atoms with van der Waals surface area (Å²) < 4.78 is 0. The molecular weight excluding hydrogens is 300 g/mol. The topological polar surface area (TPSA) is 58.2 Å². The van der Waals surface area contributed by atoms with Gasteiger partial charge < -0.3 is 10.6 Å². The van der Waals surface area contributed by atoms with Crippen LogP contribution in [0, 0.1) is 5.92 Å². The molecule has 0 aliphatic rings. The van der Waals surface area contributed by atoms with Gasteiger partial charge in [0.05, 0.1) is 13.0 Å². The number of fused-ring (bicyclic) bond motifs is 1. The quantitative estimate of drug-likeness (QED) is 0.733. The number of carbonyl (C=O) groups is 2. The van der Waals surface area contributed by atoms with Crippen molar-refractivity contribution in [1.29, 1.82) is 0 Å². The second-order valence-corrected chi connectivity index (χ2v) is 6.48. The second kappa shape index (κ2) is 9.06. The molecule has 0 aliphatic carbocycles. The van der Waals surface area contributed by atoms with Crippen LogP contribution in [-0.4, -0.2) is 24.9 Å². The molecule has 0 radical (unpaired) electrons. The Bertz CT molecular complexity index is 690. The van der Waals surface area contributed by atoms with Crippen LogP contribution in [0.3, 0.4) is 0 Å². The van der Waals surface area contributed by atoms with Crippen molar-refractivity contribution >= 4 is 22.6 Å². The van der Waals surface area contributed by atoms with Crippen LogP contribution in [-0.2, 0) is 16.0 Å². The van der Waals surface area contributed by atoms with E-state index in [1.165, 1.54) is 0 Å². The van der Waals surface area contributed by atoms with Gasteiger partial charge in [-0.3, -0.25) is 9.59 Å². The van der Waals surface area contributed by atoms with Crippen molar-refractivity contribution in [2.75, 3.05) is 13.1 Å². The van der Waals surface area contributed by atoms with Crippen molar-refractivity contribution in [1.82, 2.24) is 10.6 Å². The van der Waals surface area contributed by atoms with Gasteiger partial charge in [0.15, 0.2) is 0 Å². The summed E-state index contributed by atoms with van der Waals surface area (Å²) >= 11 is 0. The fourth-order valence-electron chi connectivity index (χ4n) is 2.66. The predicted molar refractivity (Wildman–Crippen MR) is 97.7 cm³/mol. The molecule has 128 valence electrons. The number of hydrogen-bond donors (Lipinski definition) is 2. The van der Waals surface area contributed by atoms with Gasteiger partial charge in [0, 0.05) is 6.54 Å². The van der Waals surface area contributed by atoms with Crippen molar-refractivity contribution in [2.45, 2.75) is 33.1 Å². The van der Waals surface area contributed by atoms with Crippen molar-refractivity contribution in [3.8, 4) is 0 Å². The van der Waals surface area contributed by atoms with Gasteiger partial charge in [0.2, 0.25) is 11.8 Å². The summed E-state index contributed by atoms with van der Waals surface area (Å²) in [7, 11) is 0. The smallest absolute Gasteiger partial charge is 0.239 e. The van der Waals surface area contributed by atoms with E-state index in [1.807, 2.05) is 42.5 Å². The minimum Gasteiger partial charge on any atom is -0.355 e. The Balaban J connectivity index is 1.78. The predicted octanol–water partition coefficient (Wildman–Crippen LogP) is 3.05. The molecule has 2 rings (SSSR count). The van der Waals surface area contributed by atoms with Crippen LogP contribution in [0.25, 0.3) is 10.8 Å². The van der Waals surface area contributed by atoms with Gasteiger partial charge >= 0.3 is 0 Å². The summed E-state index contributed by atoms with van der Waals surface area (Å²) in [6.07, 6.45) is 2.34. The molecule has 0 aromatic heterocycles. The highest BCUT2D eigenvalue weighted by atomic mass is 16.2. The Kier molecular flexibility index (Phi) is 6.79. The van der Waals surface area contributed by atoms with Crippen LogP contribution in [0.4, 0.5) is 0 Å². The summed E-state index contributed by atoms with van der Waals surface area (Å²) in [4.78, 5) is 23.8. The zero-order valence-electron chi connectivity index (χ0n) is 14.5. The molecule has 0 saturated heterocycles. The van der Waals surface area contributed by atoms with Crippen LogP contribution in [0.5, 0.6) is 0 Å². The van der Waals surface area contributed by atoms with E-state index < -0.39 is 0 Å². The van der Waals surface area contributed by atoms with Crippen LogP contribution < -0.4 is 10.6 Å². The average molecular weight is 326 g/mol. The van der Waals surface area contributed by atoms with Crippen molar-refractivity contribution in [3.05, 3.63) is 48.0 Å². The van der Waals surface area contributed by atoms with E-state index in [9.17, 15) is 9.59 Å². The molecule has 0 unspecified atom stereocenters. The first-order valence-electron chi connectivity index (χ1n) is 8.56. The maximum atomic E-state index is 12.1. The van der Waals surface area contributed by atoms with E-state index >= 15 is 0 Å². The molecule has 0 heterocycles. The van der Waals surface area contributed by atoms with E-state index in [-0.39, 0.29) is 24.8 Å². The fraction of sp³-hybridized carbons (Fsp3) is 0.400. The molecule has 0 bridgehead atoms. The summed E-state index contributed by atoms with van der Waals surface area (Å²) in [6, 6.07) is 13.9. The second-order valence-electron chi connectivity index (χ2n) is 6.48. The first-order valence-corrected chi connectivity index (χ1v) is 8.56. The highest BCUT2D eigenvalue weighted by Crippen LogP contribution is 2.18. The maximum absolute atomic E-state index is 12.1. The van der Waals surface area contributed by atoms with Crippen molar-refractivity contribution in [3.63, 3.8) is 0 Å². The molecule has 4 heteroatoms.